The van der Waals surface area contributed by atoms with Crippen molar-refractivity contribution < 1.29 is 22.7 Å². The summed E-state index contributed by atoms with van der Waals surface area (Å²) in [5.74, 6) is -0.0946. The number of alkyl halides is 3. The van der Waals surface area contributed by atoms with Gasteiger partial charge in [0.15, 0.2) is 0 Å². The van der Waals surface area contributed by atoms with E-state index in [2.05, 4.69) is 38.7 Å². The second-order valence-corrected chi connectivity index (χ2v) is 9.81. The molecule has 1 aromatic heterocycles. The summed E-state index contributed by atoms with van der Waals surface area (Å²) in [5, 5.41) is 6.23. The van der Waals surface area contributed by atoms with Crippen molar-refractivity contribution in [2.45, 2.75) is 39.0 Å². The van der Waals surface area contributed by atoms with Crippen LogP contribution in [0.4, 0.5) is 24.5 Å². The van der Waals surface area contributed by atoms with Crippen molar-refractivity contribution in [3.63, 3.8) is 0 Å². The number of morpholine rings is 1. The third kappa shape index (κ3) is 5.34. The zero-order chi connectivity index (χ0) is 26.9. The summed E-state index contributed by atoms with van der Waals surface area (Å²) in [6.07, 6.45) is -2.62. The van der Waals surface area contributed by atoms with Crippen LogP contribution >= 0.6 is 0 Å². The van der Waals surface area contributed by atoms with Crippen molar-refractivity contribution in [3.8, 4) is 11.1 Å². The zero-order valence-electron chi connectivity index (χ0n) is 21.4. The van der Waals surface area contributed by atoms with E-state index in [0.29, 0.717) is 31.7 Å². The number of anilines is 2. The largest absolute Gasteiger partial charge is 0.433 e. The summed E-state index contributed by atoms with van der Waals surface area (Å²) in [4.78, 5) is 18.5. The third-order valence-corrected chi connectivity index (χ3v) is 7.31. The Balaban J connectivity index is 1.40. The molecule has 0 bridgehead atoms. The van der Waals surface area contributed by atoms with Crippen LogP contribution in [0.2, 0.25) is 0 Å². The lowest BCUT2D eigenvalue weighted by atomic mass is 9.83. The number of benzene rings is 2. The zero-order valence-corrected chi connectivity index (χ0v) is 21.4. The number of aromatic nitrogens is 1. The number of pyridine rings is 1. The van der Waals surface area contributed by atoms with E-state index in [4.69, 9.17) is 4.74 Å². The monoisotopic (exact) mass is 524 g/mol. The van der Waals surface area contributed by atoms with Crippen LogP contribution in [0.1, 0.15) is 29.3 Å². The van der Waals surface area contributed by atoms with Crippen molar-refractivity contribution in [2.75, 3.05) is 36.5 Å². The molecule has 1 amide bonds. The number of halogens is 3. The van der Waals surface area contributed by atoms with E-state index in [1.807, 2.05) is 32.0 Å². The summed E-state index contributed by atoms with van der Waals surface area (Å²) in [5.41, 5.74) is 5.88. The van der Waals surface area contributed by atoms with Crippen molar-refractivity contribution in [1.29, 1.82) is 0 Å². The van der Waals surface area contributed by atoms with Crippen LogP contribution in [0.3, 0.4) is 0 Å². The molecule has 2 aromatic carbocycles. The van der Waals surface area contributed by atoms with Gasteiger partial charge in [0.1, 0.15) is 5.69 Å². The molecule has 0 radical (unpaired) electrons. The molecule has 0 aliphatic carbocycles. The molecular weight excluding hydrogens is 493 g/mol. The van der Waals surface area contributed by atoms with E-state index in [0.717, 1.165) is 46.2 Å². The first-order valence-corrected chi connectivity index (χ1v) is 12.9. The lowest BCUT2D eigenvalue weighted by Crippen LogP contribution is -2.56. The Hall–Kier alpha value is -3.59. The Morgan fingerprint density at radius 1 is 1.16 bits per heavy atom. The van der Waals surface area contributed by atoms with Gasteiger partial charge in [-0.3, -0.25) is 9.78 Å². The Morgan fingerprint density at radius 3 is 2.79 bits per heavy atom. The van der Waals surface area contributed by atoms with Gasteiger partial charge in [-0.25, -0.2) is 0 Å². The summed E-state index contributed by atoms with van der Waals surface area (Å²) in [6, 6.07) is 15.0. The van der Waals surface area contributed by atoms with Crippen LogP contribution < -0.4 is 15.5 Å². The van der Waals surface area contributed by atoms with E-state index in [9.17, 15) is 18.0 Å². The van der Waals surface area contributed by atoms with Gasteiger partial charge in [-0.15, -0.1) is 0 Å². The summed E-state index contributed by atoms with van der Waals surface area (Å²) in [7, 11) is 0. The Labute approximate surface area is 220 Å². The fraction of sp³-hybridized carbons (Fsp3) is 0.379. The normalized spacial score (nSPS) is 18.9. The van der Waals surface area contributed by atoms with Gasteiger partial charge in [-0.05, 0) is 78.4 Å². The second-order valence-electron chi connectivity index (χ2n) is 9.81. The minimum absolute atomic E-state index is 0.00546. The van der Waals surface area contributed by atoms with Crippen LogP contribution in [0.25, 0.3) is 11.1 Å². The van der Waals surface area contributed by atoms with Crippen molar-refractivity contribution >= 4 is 17.3 Å². The Bertz CT molecular complexity index is 1330. The number of rotatable bonds is 6. The summed E-state index contributed by atoms with van der Waals surface area (Å²) in [6.45, 7) is 6.68. The molecule has 3 heterocycles. The maximum absolute atomic E-state index is 13.0. The summed E-state index contributed by atoms with van der Waals surface area (Å²) < 4.78 is 44.8. The number of amides is 1. The van der Waals surface area contributed by atoms with Crippen LogP contribution in [0.15, 0.2) is 54.7 Å². The SMILES string of the molecule is CCNC(=O)C1Cc2ccc(-c3cc(NCc4ccnc(C(F)(F)F)c4)ccc3C)cc2N2CCOCC12. The molecule has 6 nitrogen and oxygen atoms in total. The highest BCUT2D eigenvalue weighted by Crippen LogP contribution is 2.39. The van der Waals surface area contributed by atoms with Gasteiger partial charge in [0.25, 0.3) is 0 Å². The minimum Gasteiger partial charge on any atom is -0.381 e. The predicted molar refractivity (Wildman–Crippen MR) is 141 cm³/mol. The summed E-state index contributed by atoms with van der Waals surface area (Å²) >= 11 is 0. The predicted octanol–water partition coefficient (Wildman–Crippen LogP) is 5.20. The number of nitrogens with one attached hydrogen (secondary N) is 2. The Morgan fingerprint density at radius 2 is 2.00 bits per heavy atom. The van der Waals surface area contributed by atoms with E-state index in [-0.39, 0.29) is 24.4 Å². The number of fused-ring (bicyclic) bond motifs is 3. The quantitative estimate of drug-likeness (QED) is 0.464. The average Bonchev–Trinajstić information content (AvgIpc) is 2.91. The average molecular weight is 525 g/mol. The van der Waals surface area contributed by atoms with Crippen LogP contribution in [-0.2, 0) is 28.7 Å². The number of carbonyl (C=O) groups excluding carboxylic acids is 1. The number of hydrogen-bond donors (Lipinski definition) is 2. The lowest BCUT2D eigenvalue weighted by Gasteiger charge is -2.45. The van der Waals surface area contributed by atoms with Gasteiger partial charge < -0.3 is 20.3 Å². The smallest absolute Gasteiger partial charge is 0.381 e. The molecule has 1 fully saturated rings. The number of ether oxygens (including phenoxy) is 1. The maximum atomic E-state index is 13.0. The van der Waals surface area contributed by atoms with Gasteiger partial charge in [-0.1, -0.05) is 18.2 Å². The number of aryl methyl sites for hydroxylation is 1. The number of nitrogens with zero attached hydrogens (tertiary/aromatic N) is 2. The van der Waals surface area contributed by atoms with Gasteiger partial charge in [0, 0.05) is 37.2 Å². The van der Waals surface area contributed by atoms with Gasteiger partial charge >= 0.3 is 6.18 Å². The van der Waals surface area contributed by atoms with E-state index in [1.165, 1.54) is 6.20 Å². The molecule has 0 spiro atoms. The highest BCUT2D eigenvalue weighted by molar-refractivity contribution is 5.83. The van der Waals surface area contributed by atoms with Crippen LogP contribution in [-0.4, -0.2) is 43.2 Å². The molecule has 9 heteroatoms. The molecule has 2 aliphatic rings. The molecule has 200 valence electrons. The molecule has 0 saturated carbocycles. The number of hydrogen-bond acceptors (Lipinski definition) is 5. The van der Waals surface area contributed by atoms with Crippen LogP contribution in [0.5, 0.6) is 0 Å². The first-order chi connectivity index (χ1) is 18.2. The lowest BCUT2D eigenvalue weighted by molar-refractivity contribution is -0.141. The second kappa shape index (κ2) is 10.6. The highest BCUT2D eigenvalue weighted by Gasteiger charge is 2.40. The molecule has 2 atom stereocenters. The first-order valence-electron chi connectivity index (χ1n) is 12.9. The fourth-order valence-electron chi connectivity index (χ4n) is 5.36. The third-order valence-electron chi connectivity index (χ3n) is 7.31. The van der Waals surface area contributed by atoms with E-state index >= 15 is 0 Å². The molecule has 2 N–H and O–H groups in total. The molecule has 5 rings (SSSR count). The number of carbonyl (C=O) groups is 1. The van der Waals surface area contributed by atoms with E-state index < -0.39 is 11.9 Å². The molecule has 3 aromatic rings. The molecule has 1 saturated heterocycles. The van der Waals surface area contributed by atoms with Crippen molar-refractivity contribution in [2.24, 2.45) is 5.92 Å². The minimum atomic E-state index is -4.47. The van der Waals surface area contributed by atoms with Gasteiger partial charge in [0.2, 0.25) is 5.91 Å². The van der Waals surface area contributed by atoms with Crippen LogP contribution in [0, 0.1) is 12.8 Å². The molecular formula is C29H31F3N4O2. The standard InChI is InChI=1S/C29H31F3N4O2/c1-3-33-28(37)24-13-21-6-5-20(14-25(21)36-10-11-38-17-26(24)36)23-15-22(7-4-18(23)2)35-16-19-8-9-34-27(12-19)29(30,31)32/h4-9,12,14-15,24,26,35H,3,10-11,13,16-17H2,1-2H3,(H,33,37). The molecule has 2 unspecified atom stereocenters. The topological polar surface area (TPSA) is 66.5 Å². The highest BCUT2D eigenvalue weighted by atomic mass is 19.4. The fourth-order valence-corrected chi connectivity index (χ4v) is 5.36. The van der Waals surface area contributed by atoms with Gasteiger partial charge in [-0.2, -0.15) is 13.2 Å². The first kappa shape index (κ1) is 26.0. The van der Waals surface area contributed by atoms with Crippen molar-refractivity contribution in [1.82, 2.24) is 10.3 Å². The maximum Gasteiger partial charge on any atom is 0.433 e. The Kier molecular flexibility index (Phi) is 7.29. The van der Waals surface area contributed by atoms with E-state index in [1.54, 1.807) is 6.07 Å². The molecule has 2 aliphatic heterocycles. The molecule has 38 heavy (non-hydrogen) atoms. The van der Waals surface area contributed by atoms with Crippen molar-refractivity contribution in [3.05, 3.63) is 77.1 Å². The van der Waals surface area contributed by atoms with Gasteiger partial charge in [0.05, 0.1) is 25.2 Å².